The number of aliphatic hydroxyl groups is 1. The highest BCUT2D eigenvalue weighted by molar-refractivity contribution is 7.87. The first-order valence-electron chi connectivity index (χ1n) is 4.63. The smallest absolute Gasteiger partial charge is 0.320 e. The van der Waals surface area contributed by atoms with Gasteiger partial charge in [0, 0.05) is 11.3 Å². The molecule has 1 aliphatic rings. The van der Waals surface area contributed by atoms with Crippen molar-refractivity contribution in [3.05, 3.63) is 40.2 Å². The number of benzene rings is 1. The standard InChI is InChI=1S/C10H8N2O4S.ClH/c11-12-8-5-6-3-1-2-4-7(6)9(13)10(8)17(14,15)16;/h1-5,10,13H,(H,14,15,16);1H. The lowest BCUT2D eigenvalue weighted by Gasteiger charge is -2.11. The third kappa shape index (κ3) is 2.30. The van der Waals surface area contributed by atoms with E-state index in [4.69, 9.17) is 10.1 Å². The fraction of sp³-hybridized carbons (Fsp3) is 0.100. The van der Waals surface area contributed by atoms with Gasteiger partial charge in [-0.05, 0) is 5.22 Å². The number of rotatable bonds is 1. The molecule has 0 amide bonds. The zero-order valence-electron chi connectivity index (χ0n) is 8.89. The van der Waals surface area contributed by atoms with Crippen LogP contribution in [0.1, 0.15) is 0 Å². The molecule has 96 valence electrons. The predicted molar refractivity (Wildman–Crippen MR) is 67.4 cm³/mol. The molecule has 2 N–H and O–H groups in total. The van der Waals surface area contributed by atoms with Crippen LogP contribution in [-0.2, 0) is 10.1 Å². The number of nitrogens with zero attached hydrogens (tertiary/aromatic N) is 2. The number of halogens is 1. The number of fused-ring (bicyclic) bond motifs is 1. The lowest BCUT2D eigenvalue weighted by atomic mass is 10.0. The van der Waals surface area contributed by atoms with Gasteiger partial charge in [-0.3, -0.25) is 4.55 Å². The summed E-state index contributed by atoms with van der Waals surface area (Å²) in [5.74, 6) is -0.557. The quantitative estimate of drug-likeness (QED) is 0.412. The molecule has 2 rings (SSSR count). The Bertz CT molecular complexity index is 750. The van der Waals surface area contributed by atoms with Crippen molar-refractivity contribution < 1.29 is 22.9 Å². The fourth-order valence-electron chi connectivity index (χ4n) is 1.75. The van der Waals surface area contributed by atoms with E-state index in [0.29, 0.717) is 5.22 Å². The van der Waals surface area contributed by atoms with E-state index in [1.165, 1.54) is 12.1 Å². The molecule has 1 atom stereocenters. The molecule has 0 saturated carbocycles. The summed E-state index contributed by atoms with van der Waals surface area (Å²) in [5.41, 5.74) is 8.39. The Balaban J connectivity index is 0.00000162. The van der Waals surface area contributed by atoms with Crippen molar-refractivity contribution in [3.63, 3.8) is 0 Å². The van der Waals surface area contributed by atoms with Gasteiger partial charge in [-0.25, -0.2) is 0 Å². The summed E-state index contributed by atoms with van der Waals surface area (Å²) in [6.07, 6.45) is 1.29. The van der Waals surface area contributed by atoms with Crippen molar-refractivity contribution in [1.29, 1.82) is 0 Å². The Morgan fingerprint density at radius 2 is 1.89 bits per heavy atom. The maximum Gasteiger partial charge on any atom is 0.320 e. The summed E-state index contributed by atoms with van der Waals surface area (Å²) >= 11 is 0. The Hall–Kier alpha value is -1.66. The molecule has 8 heteroatoms. The van der Waals surface area contributed by atoms with Crippen molar-refractivity contribution in [2.45, 2.75) is 5.25 Å². The summed E-state index contributed by atoms with van der Waals surface area (Å²) in [5, 5.41) is 8.87. The Morgan fingerprint density at radius 1 is 1.28 bits per heavy atom. The van der Waals surface area contributed by atoms with Crippen LogP contribution in [0.5, 0.6) is 0 Å². The van der Waals surface area contributed by atoms with Gasteiger partial charge in [-0.2, -0.15) is 13.2 Å². The first kappa shape index (κ1) is 14.4. The highest BCUT2D eigenvalue weighted by atomic mass is 35.5. The molecular formula is C10H9ClN2O4S. The molecule has 1 aliphatic carbocycles. The van der Waals surface area contributed by atoms with E-state index in [9.17, 15) is 13.5 Å². The number of hydrogen-bond donors (Lipinski definition) is 2. The van der Waals surface area contributed by atoms with E-state index < -0.39 is 21.1 Å². The largest absolute Gasteiger partial charge is 0.510 e. The second-order valence-electron chi connectivity index (χ2n) is 3.54. The molecular weight excluding hydrogens is 280 g/mol. The van der Waals surface area contributed by atoms with Crippen LogP contribution in [-0.4, -0.2) is 33.8 Å². The molecule has 0 aliphatic heterocycles. The van der Waals surface area contributed by atoms with Crippen LogP contribution in [0.4, 0.5) is 0 Å². The van der Waals surface area contributed by atoms with Crippen LogP contribution >= 0.6 is 12.4 Å². The van der Waals surface area contributed by atoms with Gasteiger partial charge in [0.15, 0.2) is 0 Å². The van der Waals surface area contributed by atoms with Gasteiger partial charge in [0.05, 0.1) is 0 Å². The minimum atomic E-state index is -4.59. The van der Waals surface area contributed by atoms with Gasteiger partial charge in [-0.15, -0.1) is 12.4 Å². The van der Waals surface area contributed by atoms with Crippen molar-refractivity contribution in [3.8, 4) is 0 Å². The van der Waals surface area contributed by atoms with Crippen LogP contribution in [0.25, 0.3) is 17.4 Å². The topological polar surface area (TPSA) is 111 Å². The van der Waals surface area contributed by atoms with Crippen LogP contribution in [0.2, 0.25) is 0 Å². The summed E-state index contributed by atoms with van der Waals surface area (Å²) < 4.78 is 31.3. The highest BCUT2D eigenvalue weighted by Crippen LogP contribution is 2.12. The molecule has 1 aromatic carbocycles. The molecule has 0 aromatic heterocycles. The third-order valence-corrected chi connectivity index (χ3v) is 3.53. The van der Waals surface area contributed by atoms with Gasteiger partial charge >= 0.3 is 5.71 Å². The van der Waals surface area contributed by atoms with Crippen LogP contribution in [0.15, 0.2) is 24.3 Å². The van der Waals surface area contributed by atoms with Crippen LogP contribution < -0.4 is 10.4 Å². The van der Waals surface area contributed by atoms with Crippen LogP contribution in [0, 0.1) is 0 Å². The minimum Gasteiger partial charge on any atom is -0.510 e. The molecule has 18 heavy (non-hydrogen) atoms. The molecule has 1 aromatic rings. The summed E-state index contributed by atoms with van der Waals surface area (Å²) in [4.78, 5) is 2.79. The van der Waals surface area contributed by atoms with E-state index >= 15 is 0 Å². The first-order chi connectivity index (χ1) is 7.95. The molecule has 1 unspecified atom stereocenters. The maximum atomic E-state index is 11.1. The lowest BCUT2D eigenvalue weighted by molar-refractivity contribution is -0.00404. The van der Waals surface area contributed by atoms with Crippen molar-refractivity contribution in [2.75, 3.05) is 0 Å². The Kier molecular flexibility index (Phi) is 3.93. The van der Waals surface area contributed by atoms with Crippen LogP contribution in [0.3, 0.4) is 0 Å². The van der Waals surface area contributed by atoms with E-state index in [1.54, 1.807) is 18.2 Å². The highest BCUT2D eigenvalue weighted by Gasteiger charge is 2.40. The van der Waals surface area contributed by atoms with Crippen molar-refractivity contribution in [2.24, 2.45) is 0 Å². The maximum absolute atomic E-state index is 11.1. The van der Waals surface area contributed by atoms with Gasteiger partial charge in [0.2, 0.25) is 5.25 Å². The van der Waals surface area contributed by atoms with Crippen molar-refractivity contribution in [1.82, 2.24) is 0 Å². The molecule has 0 fully saturated rings. The van der Waals surface area contributed by atoms with Gasteiger partial charge < -0.3 is 10.6 Å². The average Bonchev–Trinajstić information content (AvgIpc) is 2.27. The summed E-state index contributed by atoms with van der Waals surface area (Å²) in [6.45, 7) is 0. The second-order valence-corrected chi connectivity index (χ2v) is 5.04. The average molecular weight is 289 g/mol. The molecule has 0 heterocycles. The zero-order valence-corrected chi connectivity index (χ0v) is 10.5. The van der Waals surface area contributed by atoms with Gasteiger partial charge in [0.25, 0.3) is 10.1 Å². The molecule has 0 saturated heterocycles. The lowest BCUT2D eigenvalue weighted by Crippen LogP contribution is -2.43. The predicted octanol–water partition coefficient (Wildman–Crippen LogP) is -0.504. The van der Waals surface area contributed by atoms with E-state index in [1.807, 2.05) is 0 Å². The fourth-order valence-corrected chi connectivity index (χ4v) is 2.58. The monoisotopic (exact) mass is 288 g/mol. The summed E-state index contributed by atoms with van der Waals surface area (Å²) in [7, 11) is -4.59. The Labute approximate surface area is 109 Å². The van der Waals surface area contributed by atoms with E-state index in [0.717, 1.165) is 0 Å². The zero-order chi connectivity index (χ0) is 12.6. The Morgan fingerprint density at radius 3 is 2.44 bits per heavy atom. The molecule has 0 bridgehead atoms. The normalized spacial score (nSPS) is 18.2. The molecule has 0 radical (unpaired) electrons. The molecule has 6 nitrogen and oxygen atoms in total. The van der Waals surface area contributed by atoms with E-state index in [2.05, 4.69) is 4.79 Å². The number of hydrogen-bond acceptors (Lipinski definition) is 3. The first-order valence-corrected chi connectivity index (χ1v) is 6.13. The third-order valence-electron chi connectivity index (χ3n) is 2.47. The van der Waals surface area contributed by atoms with Crippen molar-refractivity contribution >= 4 is 40.1 Å². The molecule has 0 spiro atoms. The van der Waals surface area contributed by atoms with Gasteiger partial charge in [0.1, 0.15) is 5.76 Å². The second kappa shape index (κ2) is 4.91. The number of aliphatic hydroxyl groups excluding tert-OH is 1. The van der Waals surface area contributed by atoms with Gasteiger partial charge in [-0.1, -0.05) is 24.3 Å². The SMILES string of the molecule is Cl.[N-]=[N+]=C1C=c2ccccc2=C(O)C1S(=O)(=O)O. The van der Waals surface area contributed by atoms with E-state index in [-0.39, 0.29) is 23.3 Å². The minimum absolute atomic E-state index is 0. The summed E-state index contributed by atoms with van der Waals surface area (Å²) in [6, 6.07) is 6.43.